The van der Waals surface area contributed by atoms with Crippen LogP contribution < -0.4 is 0 Å². The maximum absolute atomic E-state index is 12.8. The highest BCUT2D eigenvalue weighted by molar-refractivity contribution is 4.85. The Morgan fingerprint density at radius 1 is 0.442 bits per heavy atom. The van der Waals surface area contributed by atoms with E-state index >= 15 is 0 Å². The molecule has 95 heavy (non-hydrogen) atoms. The molecule has 0 N–H and O–H groups in total. The van der Waals surface area contributed by atoms with Crippen LogP contribution in [0.4, 0.5) is 22.0 Å². The van der Waals surface area contributed by atoms with E-state index in [1.807, 2.05) is 19.0 Å². The van der Waals surface area contributed by atoms with Gasteiger partial charge in [0.25, 0.3) is 0 Å². The Kier molecular flexibility index (Phi) is 50.0. The summed E-state index contributed by atoms with van der Waals surface area (Å²) in [5, 5.41) is 0. The molecule has 0 amide bonds. The predicted molar refractivity (Wildman–Crippen MR) is 398 cm³/mol. The average Bonchev–Trinajstić information content (AvgIpc) is 1.63. The van der Waals surface area contributed by atoms with Gasteiger partial charge in [-0.3, -0.25) is 0 Å². The smallest absolute Gasteiger partial charge is 0.381 e. The Morgan fingerprint density at radius 2 is 0.884 bits per heavy atom. The molecule has 11 fully saturated rings. The molecule has 10 atom stereocenters. The lowest BCUT2D eigenvalue weighted by atomic mass is 9.97. The van der Waals surface area contributed by atoms with E-state index in [1.165, 1.54) is 142 Å². The van der Waals surface area contributed by atoms with E-state index < -0.39 is 23.9 Å². The van der Waals surface area contributed by atoms with Gasteiger partial charge >= 0.3 is 6.18 Å². The summed E-state index contributed by atoms with van der Waals surface area (Å²) in [6.45, 7) is 45.4. The normalized spacial score (nSPS) is 31.8. The standard InChI is InChI=1S/C8H17N.C7H12F3N.3C7H15NO.3C7H15N.2C6H12FN.C6H13N.CH4/c1-7-5-4-6-8(2)9(7)3;1-11-4-2-3-6(5-11)7(8,9)10;1-6-4-8(3)5-7(2)9-6;1-7(2)6-8(3)4-5-9-7;1-8-5-3-7(9-2)4-6-8;1-7-3-5-8(2)6-4-7;2*1-7-5-3-4-6-8(7)2;1-5(7)6-3-8(2)4-6;1-6(7)3-4-8(2)5-6;1-6-3-4-7(2)5-6;/h7-8H,4-6H2,1-3H3;6H,2-5H2,1H3;6-7H,4-5H2,1-3H3;4-6H2,1-3H3;7H,3-6H2,1-2H3;3*7H,3-6H2,1-2H3;5-6H,3-4H2,1-2H3;3-5H2,1-2H3;6H,3-5H2,1-2H3;1H4. The number of ether oxygens (including phenoxy) is 3. The first-order valence-electron chi connectivity index (χ1n) is 37.6. The molecular weight excluding hydrogens is 1210 g/mol. The molecule has 0 aromatic rings. The van der Waals surface area contributed by atoms with Crippen molar-refractivity contribution in [2.24, 2.45) is 23.7 Å². The highest BCUT2D eigenvalue weighted by atomic mass is 19.4. The Balaban J connectivity index is 0.00000102. The lowest BCUT2D eigenvalue weighted by molar-refractivity contribution is -0.185. The second-order valence-corrected chi connectivity index (χ2v) is 32.4. The zero-order chi connectivity index (χ0) is 71.4. The Hall–Kier alpha value is -0.910. The molecule has 11 heterocycles. The summed E-state index contributed by atoms with van der Waals surface area (Å²) in [4.78, 5) is 24.9. The predicted octanol–water partition coefficient (Wildman–Crippen LogP) is 13.8. The summed E-state index contributed by atoms with van der Waals surface area (Å²) in [6, 6.07) is 3.30. The van der Waals surface area contributed by atoms with Crippen molar-refractivity contribution in [3.8, 4) is 0 Å². The third-order valence-corrected chi connectivity index (χ3v) is 21.2. The van der Waals surface area contributed by atoms with Crippen LogP contribution in [0.25, 0.3) is 0 Å². The van der Waals surface area contributed by atoms with Crippen LogP contribution in [-0.4, -0.2) is 329 Å². The van der Waals surface area contributed by atoms with Crippen LogP contribution in [0.15, 0.2) is 0 Å². The largest absolute Gasteiger partial charge is 0.393 e. The molecule has 0 aliphatic carbocycles. The van der Waals surface area contributed by atoms with E-state index in [2.05, 4.69) is 170 Å². The fourth-order valence-electron chi connectivity index (χ4n) is 13.9. The minimum Gasteiger partial charge on any atom is -0.381 e. The first-order valence-corrected chi connectivity index (χ1v) is 37.6. The summed E-state index contributed by atoms with van der Waals surface area (Å²) < 4.78 is 77.6. The van der Waals surface area contributed by atoms with E-state index in [4.69, 9.17) is 14.2 Å². The number of halogens is 5. The fourth-order valence-corrected chi connectivity index (χ4v) is 13.9. The van der Waals surface area contributed by atoms with Gasteiger partial charge in [0, 0.05) is 116 Å². The summed E-state index contributed by atoms with van der Waals surface area (Å²) in [7, 11) is 25.0. The van der Waals surface area contributed by atoms with Crippen LogP contribution >= 0.6 is 0 Å². The molecule has 0 aromatic carbocycles. The Labute approximate surface area is 586 Å². The monoisotopic (exact) mass is 1370 g/mol. The van der Waals surface area contributed by atoms with Gasteiger partial charge in [0.1, 0.15) is 11.8 Å². The first kappa shape index (κ1) is 94.1. The van der Waals surface area contributed by atoms with Crippen molar-refractivity contribution in [3.63, 3.8) is 0 Å². The Morgan fingerprint density at radius 3 is 1.15 bits per heavy atom. The van der Waals surface area contributed by atoms with Gasteiger partial charge in [-0.05, 0) is 288 Å². The number of alkyl halides is 5. The number of morpholine rings is 2. The third-order valence-electron chi connectivity index (χ3n) is 21.2. The third kappa shape index (κ3) is 46.4. The minimum atomic E-state index is -3.99. The molecular formula is C76H160F5N11O3. The van der Waals surface area contributed by atoms with Gasteiger partial charge < -0.3 is 68.1 Å². The Bertz CT molecular complexity index is 1720. The molecule has 11 rings (SSSR count). The lowest BCUT2D eigenvalue weighted by Gasteiger charge is -2.36. The molecule has 0 spiro atoms. The molecule has 14 nitrogen and oxygen atoms in total. The molecule has 10 unspecified atom stereocenters. The SMILES string of the molecule is C.CC(F)C1CN(C)C1.CC1CCCC(C)N1C.CC1CCCCN1C.CC1CCCCN1C.CC1CCN(C)C1.CC1CCN(C)CC1.CC1CN(C)CC(C)O1.CN1CCC(C)(F)C1.CN1CCCC(C(F)(F)F)C1.CN1CCOC(C)(C)C1.COC1CCN(C)CC1. The van der Waals surface area contributed by atoms with Crippen molar-refractivity contribution in [1.82, 2.24) is 53.9 Å². The van der Waals surface area contributed by atoms with Crippen LogP contribution in [-0.2, 0) is 14.2 Å². The van der Waals surface area contributed by atoms with Gasteiger partial charge in [-0.25, -0.2) is 8.78 Å². The van der Waals surface area contributed by atoms with Crippen LogP contribution in [0.1, 0.15) is 200 Å². The number of methoxy groups -OCH3 is 1. The summed E-state index contributed by atoms with van der Waals surface area (Å²) in [5.41, 5.74) is -0.832. The van der Waals surface area contributed by atoms with E-state index in [0.717, 1.165) is 95.0 Å². The van der Waals surface area contributed by atoms with Gasteiger partial charge in [-0.1, -0.05) is 40.5 Å². The zero-order valence-corrected chi connectivity index (χ0v) is 65.9. The van der Waals surface area contributed by atoms with Crippen molar-refractivity contribution in [3.05, 3.63) is 0 Å². The summed E-state index contributed by atoms with van der Waals surface area (Å²) in [6.07, 6.45) is 17.7. The van der Waals surface area contributed by atoms with Crippen molar-refractivity contribution < 1.29 is 36.2 Å². The maximum atomic E-state index is 12.8. The van der Waals surface area contributed by atoms with Crippen LogP contribution in [0.3, 0.4) is 0 Å². The molecule has 0 saturated carbocycles. The van der Waals surface area contributed by atoms with Gasteiger partial charge in [0.05, 0.1) is 36.4 Å². The summed E-state index contributed by atoms with van der Waals surface area (Å²) >= 11 is 0. The van der Waals surface area contributed by atoms with Crippen LogP contribution in [0.2, 0.25) is 0 Å². The van der Waals surface area contributed by atoms with Crippen LogP contribution in [0, 0.1) is 23.7 Å². The van der Waals surface area contributed by atoms with Gasteiger partial charge in [-0.2, -0.15) is 13.2 Å². The average molecular weight is 1370 g/mol. The van der Waals surface area contributed by atoms with Crippen molar-refractivity contribution in [2.75, 3.05) is 209 Å². The topological polar surface area (TPSA) is 63.3 Å². The van der Waals surface area contributed by atoms with Gasteiger partial charge in [0.15, 0.2) is 0 Å². The number of rotatable bonds is 2. The van der Waals surface area contributed by atoms with Crippen LogP contribution in [0.5, 0.6) is 0 Å². The molecule has 572 valence electrons. The van der Waals surface area contributed by atoms with Crippen molar-refractivity contribution in [2.45, 2.75) is 266 Å². The molecule has 0 bridgehead atoms. The number of nitrogens with zero attached hydrogens (tertiary/aromatic N) is 11. The summed E-state index contributed by atoms with van der Waals surface area (Å²) in [5.74, 6) is 1.15. The van der Waals surface area contributed by atoms with E-state index in [9.17, 15) is 22.0 Å². The molecule has 11 saturated heterocycles. The van der Waals surface area contributed by atoms with Gasteiger partial charge in [0.2, 0.25) is 0 Å². The second kappa shape index (κ2) is 50.5. The molecule has 0 aromatic heterocycles. The zero-order valence-electron chi connectivity index (χ0n) is 65.9. The first-order chi connectivity index (χ1) is 43.8. The highest BCUT2D eigenvalue weighted by Gasteiger charge is 2.41. The van der Waals surface area contributed by atoms with Gasteiger partial charge in [-0.15, -0.1) is 0 Å². The second-order valence-electron chi connectivity index (χ2n) is 32.4. The highest BCUT2D eigenvalue weighted by Crippen LogP contribution is 2.33. The van der Waals surface area contributed by atoms with E-state index in [0.29, 0.717) is 50.0 Å². The lowest BCUT2D eigenvalue weighted by Crippen LogP contribution is -2.47. The number of likely N-dealkylation sites (N-methyl/N-ethyl adjacent to an activating group) is 2. The number of hydrogen-bond donors (Lipinski definition) is 0. The molecule has 19 heteroatoms. The number of likely N-dealkylation sites (tertiary alicyclic amines) is 9. The van der Waals surface area contributed by atoms with E-state index in [-0.39, 0.29) is 19.6 Å². The fraction of sp³-hybridized carbons (Fsp3) is 1.00. The number of hydrogen-bond acceptors (Lipinski definition) is 14. The van der Waals surface area contributed by atoms with Crippen molar-refractivity contribution in [1.29, 1.82) is 0 Å². The molecule has 11 aliphatic heterocycles. The maximum Gasteiger partial charge on any atom is 0.393 e. The molecule has 11 aliphatic rings. The number of piperidine rings is 6. The quantitative estimate of drug-likeness (QED) is 0.247. The molecule has 0 radical (unpaired) electrons. The van der Waals surface area contributed by atoms with Crippen molar-refractivity contribution >= 4 is 0 Å². The van der Waals surface area contributed by atoms with E-state index in [1.54, 1.807) is 32.9 Å². The minimum absolute atomic E-state index is 0.